The summed E-state index contributed by atoms with van der Waals surface area (Å²) in [5, 5.41) is 17.0. The molecule has 0 saturated heterocycles. The number of nitrogens with zero attached hydrogens (tertiary/aromatic N) is 1. The number of amides is 2. The van der Waals surface area contributed by atoms with E-state index in [2.05, 4.69) is 15.6 Å². The minimum atomic E-state index is -0.976. The van der Waals surface area contributed by atoms with Crippen molar-refractivity contribution in [3.8, 4) is 0 Å². The summed E-state index contributed by atoms with van der Waals surface area (Å²) in [6, 6.07) is -1.47. The van der Waals surface area contributed by atoms with Crippen LogP contribution in [0.2, 0.25) is 0 Å². The van der Waals surface area contributed by atoms with E-state index in [1.54, 1.807) is 0 Å². The van der Waals surface area contributed by atoms with Crippen LogP contribution in [0.5, 0.6) is 0 Å². The second-order valence-corrected chi connectivity index (χ2v) is 5.71. The molecule has 1 heterocycles. The summed E-state index contributed by atoms with van der Waals surface area (Å²) in [5.74, 6) is -0.906. The smallest absolute Gasteiger partial charge is 0.326 e. The maximum Gasteiger partial charge on any atom is 0.326 e. The monoisotopic (exact) mass is 283 g/mol. The van der Waals surface area contributed by atoms with Crippen molar-refractivity contribution in [1.29, 1.82) is 0 Å². The Balaban J connectivity index is 1.88. The quantitative estimate of drug-likeness (QED) is 0.766. The molecule has 104 valence electrons. The highest BCUT2D eigenvalue weighted by Crippen LogP contribution is 2.32. The van der Waals surface area contributed by atoms with Crippen molar-refractivity contribution in [2.75, 3.05) is 0 Å². The standard InChI is InChI=1S/C12H17N3O3S/c1-6-5-19-10(13-6)7(2)14-12(18)15-9(11(16)17)8-3-4-8/h5,7-9H,3-4H2,1-2H3,(H,16,17)(H2,14,15,18). The Bertz CT molecular complexity index is 484. The highest BCUT2D eigenvalue weighted by molar-refractivity contribution is 7.09. The molecular weight excluding hydrogens is 266 g/mol. The third-order valence-corrected chi connectivity index (χ3v) is 4.15. The molecule has 19 heavy (non-hydrogen) atoms. The topological polar surface area (TPSA) is 91.3 Å². The average Bonchev–Trinajstić information content (AvgIpc) is 3.07. The van der Waals surface area contributed by atoms with Gasteiger partial charge in [0.1, 0.15) is 11.0 Å². The van der Waals surface area contributed by atoms with E-state index in [1.165, 1.54) is 11.3 Å². The lowest BCUT2D eigenvalue weighted by atomic mass is 10.2. The number of aryl methyl sites for hydroxylation is 1. The molecule has 2 amide bonds. The van der Waals surface area contributed by atoms with Gasteiger partial charge in [-0.25, -0.2) is 14.6 Å². The van der Waals surface area contributed by atoms with E-state index >= 15 is 0 Å². The number of aliphatic carboxylic acids is 1. The molecule has 0 aliphatic heterocycles. The van der Waals surface area contributed by atoms with Gasteiger partial charge in [-0.2, -0.15) is 0 Å². The van der Waals surface area contributed by atoms with Crippen molar-refractivity contribution in [3.05, 3.63) is 16.1 Å². The predicted molar refractivity (Wildman–Crippen MR) is 71.1 cm³/mol. The maximum absolute atomic E-state index is 11.8. The van der Waals surface area contributed by atoms with Crippen molar-refractivity contribution in [2.45, 2.75) is 38.8 Å². The molecule has 2 unspecified atom stereocenters. The number of carbonyl (C=O) groups excluding carboxylic acids is 1. The lowest BCUT2D eigenvalue weighted by molar-refractivity contribution is -0.139. The second kappa shape index (κ2) is 5.56. The van der Waals surface area contributed by atoms with Gasteiger partial charge in [-0.15, -0.1) is 11.3 Å². The first kappa shape index (κ1) is 13.8. The zero-order valence-corrected chi connectivity index (χ0v) is 11.7. The van der Waals surface area contributed by atoms with E-state index in [1.807, 2.05) is 19.2 Å². The number of carbonyl (C=O) groups is 2. The number of rotatable bonds is 5. The number of aromatic nitrogens is 1. The molecule has 3 N–H and O–H groups in total. The van der Waals surface area contributed by atoms with Gasteiger partial charge in [0.2, 0.25) is 0 Å². The summed E-state index contributed by atoms with van der Waals surface area (Å²) in [6.45, 7) is 3.71. The van der Waals surface area contributed by atoms with E-state index in [0.29, 0.717) is 0 Å². The molecule has 6 nitrogen and oxygen atoms in total. The lowest BCUT2D eigenvalue weighted by Crippen LogP contribution is -2.47. The molecule has 1 aliphatic carbocycles. The average molecular weight is 283 g/mol. The third kappa shape index (κ3) is 3.66. The van der Waals surface area contributed by atoms with Crippen LogP contribution in [0.1, 0.15) is 36.5 Å². The summed E-state index contributed by atoms with van der Waals surface area (Å²) >= 11 is 1.47. The zero-order chi connectivity index (χ0) is 14.0. The van der Waals surface area contributed by atoms with Gasteiger partial charge < -0.3 is 15.7 Å². The van der Waals surface area contributed by atoms with E-state index < -0.39 is 18.0 Å². The molecule has 0 spiro atoms. The Morgan fingerprint density at radius 2 is 2.16 bits per heavy atom. The summed E-state index contributed by atoms with van der Waals surface area (Å²) < 4.78 is 0. The largest absolute Gasteiger partial charge is 0.480 e. The highest BCUT2D eigenvalue weighted by Gasteiger charge is 2.37. The van der Waals surface area contributed by atoms with Crippen molar-refractivity contribution >= 4 is 23.3 Å². The van der Waals surface area contributed by atoms with E-state index in [-0.39, 0.29) is 12.0 Å². The van der Waals surface area contributed by atoms with Crippen LogP contribution in [0.4, 0.5) is 4.79 Å². The number of thiazole rings is 1. The number of nitrogens with one attached hydrogen (secondary N) is 2. The summed E-state index contributed by atoms with van der Waals surface area (Å²) in [5.41, 5.74) is 0.912. The summed E-state index contributed by atoms with van der Waals surface area (Å²) in [6.07, 6.45) is 1.72. The van der Waals surface area contributed by atoms with Gasteiger partial charge in [0.05, 0.1) is 6.04 Å². The van der Waals surface area contributed by atoms with E-state index in [4.69, 9.17) is 5.11 Å². The van der Waals surface area contributed by atoms with Crippen LogP contribution in [0.15, 0.2) is 5.38 Å². The van der Waals surface area contributed by atoms with Gasteiger partial charge in [0.25, 0.3) is 0 Å². The normalized spacial score (nSPS) is 17.6. The Hall–Kier alpha value is -1.63. The maximum atomic E-state index is 11.8. The molecule has 1 saturated carbocycles. The van der Waals surface area contributed by atoms with Crippen LogP contribution in [-0.2, 0) is 4.79 Å². The van der Waals surface area contributed by atoms with Gasteiger partial charge in [-0.1, -0.05) is 0 Å². The first-order valence-electron chi connectivity index (χ1n) is 6.19. The minimum absolute atomic E-state index is 0.0701. The fraction of sp³-hybridized carbons (Fsp3) is 0.583. The van der Waals surface area contributed by atoms with Gasteiger partial charge in [-0.05, 0) is 32.6 Å². The van der Waals surface area contributed by atoms with Gasteiger partial charge >= 0.3 is 12.0 Å². The third-order valence-electron chi connectivity index (χ3n) is 3.00. The molecule has 7 heteroatoms. The molecule has 2 rings (SSSR count). The van der Waals surface area contributed by atoms with Gasteiger partial charge in [0, 0.05) is 11.1 Å². The molecule has 1 aromatic heterocycles. The van der Waals surface area contributed by atoms with Gasteiger partial charge in [-0.3, -0.25) is 0 Å². The van der Waals surface area contributed by atoms with Crippen molar-refractivity contribution in [2.24, 2.45) is 5.92 Å². The summed E-state index contributed by atoms with van der Waals surface area (Å²) in [7, 11) is 0. The second-order valence-electron chi connectivity index (χ2n) is 4.82. The van der Waals surface area contributed by atoms with Crippen LogP contribution in [-0.4, -0.2) is 28.1 Å². The number of carboxylic acid groups (broad SMARTS) is 1. The number of hydrogen-bond donors (Lipinski definition) is 3. The molecular formula is C12H17N3O3S. The Kier molecular flexibility index (Phi) is 4.04. The minimum Gasteiger partial charge on any atom is -0.480 e. The SMILES string of the molecule is Cc1csc(C(C)NC(=O)NC(C(=O)O)C2CC2)n1. The van der Waals surface area contributed by atoms with Gasteiger partial charge in [0.15, 0.2) is 0 Å². The number of carboxylic acids is 1. The fourth-order valence-corrected chi connectivity index (χ4v) is 2.63. The zero-order valence-electron chi connectivity index (χ0n) is 10.8. The lowest BCUT2D eigenvalue weighted by Gasteiger charge is -2.16. The van der Waals surface area contributed by atoms with Crippen molar-refractivity contribution < 1.29 is 14.7 Å². The first-order chi connectivity index (χ1) is 8.97. The number of hydrogen-bond acceptors (Lipinski definition) is 4. The fourth-order valence-electron chi connectivity index (χ4n) is 1.82. The van der Waals surface area contributed by atoms with Crippen LogP contribution in [0, 0.1) is 12.8 Å². The Labute approximate surface area is 115 Å². The van der Waals surface area contributed by atoms with Crippen molar-refractivity contribution in [1.82, 2.24) is 15.6 Å². The van der Waals surface area contributed by atoms with E-state index in [0.717, 1.165) is 23.5 Å². The van der Waals surface area contributed by atoms with Crippen LogP contribution >= 0.6 is 11.3 Å². The van der Waals surface area contributed by atoms with Crippen LogP contribution in [0.3, 0.4) is 0 Å². The molecule has 1 aliphatic rings. The van der Waals surface area contributed by atoms with Crippen molar-refractivity contribution in [3.63, 3.8) is 0 Å². The molecule has 0 bridgehead atoms. The van der Waals surface area contributed by atoms with E-state index in [9.17, 15) is 9.59 Å². The molecule has 0 radical (unpaired) electrons. The van der Waals surface area contributed by atoms with Crippen LogP contribution in [0.25, 0.3) is 0 Å². The molecule has 0 aromatic carbocycles. The molecule has 2 atom stereocenters. The summed E-state index contributed by atoms with van der Waals surface area (Å²) in [4.78, 5) is 27.1. The Morgan fingerprint density at radius 1 is 1.47 bits per heavy atom. The van der Waals surface area contributed by atoms with Crippen LogP contribution < -0.4 is 10.6 Å². The predicted octanol–water partition coefficient (Wildman–Crippen LogP) is 1.67. The Morgan fingerprint density at radius 3 is 2.63 bits per heavy atom. The molecule has 1 aromatic rings. The molecule has 1 fully saturated rings. The highest BCUT2D eigenvalue weighted by atomic mass is 32.1. The first-order valence-corrected chi connectivity index (χ1v) is 7.07. The number of urea groups is 1.